The molecule has 5 nitrogen and oxygen atoms in total. The van der Waals surface area contributed by atoms with Gasteiger partial charge in [0.2, 0.25) is 0 Å². The van der Waals surface area contributed by atoms with Crippen molar-refractivity contribution < 1.29 is 9.53 Å². The molecule has 0 N–H and O–H groups in total. The molecule has 0 spiro atoms. The molecule has 2 aromatic carbocycles. The Labute approximate surface area is 171 Å². The molecule has 5 heteroatoms. The molecular formula is C24H25N3O2. The third-order valence-corrected chi connectivity index (χ3v) is 5.26. The molecule has 148 valence electrons. The van der Waals surface area contributed by atoms with Gasteiger partial charge < -0.3 is 14.5 Å². The van der Waals surface area contributed by atoms with Crippen LogP contribution in [0.1, 0.15) is 27.5 Å². The molecule has 1 aromatic heterocycles. The second-order valence-electron chi connectivity index (χ2n) is 7.36. The van der Waals surface area contributed by atoms with Crippen molar-refractivity contribution in [1.82, 2.24) is 14.8 Å². The highest BCUT2D eigenvalue weighted by Crippen LogP contribution is 2.27. The van der Waals surface area contributed by atoms with Crippen LogP contribution in [0.15, 0.2) is 79.1 Å². The molecule has 4 rings (SSSR count). The average molecular weight is 387 g/mol. The number of hydrogen-bond donors (Lipinski definition) is 0. The highest BCUT2D eigenvalue weighted by molar-refractivity contribution is 5.94. The maximum Gasteiger partial charge on any atom is 0.254 e. The number of carbonyl (C=O) groups is 1. The van der Waals surface area contributed by atoms with Gasteiger partial charge in [0, 0.05) is 43.2 Å². The molecule has 1 amide bonds. The molecule has 0 bridgehead atoms. The predicted octanol–water partition coefficient (Wildman–Crippen LogP) is 3.79. The zero-order valence-electron chi connectivity index (χ0n) is 16.6. The van der Waals surface area contributed by atoms with E-state index in [1.54, 1.807) is 12.4 Å². The van der Waals surface area contributed by atoms with Gasteiger partial charge in [-0.2, -0.15) is 0 Å². The normalized spacial score (nSPS) is 17.1. The molecule has 1 fully saturated rings. The number of hydrogen-bond acceptors (Lipinski definition) is 4. The summed E-state index contributed by atoms with van der Waals surface area (Å²) in [6, 6.07) is 21.6. The largest absolute Gasteiger partial charge is 0.489 e. The minimum absolute atomic E-state index is 0.0592. The molecule has 1 unspecified atom stereocenters. The van der Waals surface area contributed by atoms with Crippen LogP contribution in [0.25, 0.3) is 0 Å². The Morgan fingerprint density at radius 1 is 1.03 bits per heavy atom. The van der Waals surface area contributed by atoms with Crippen LogP contribution in [0.4, 0.5) is 0 Å². The minimum atomic E-state index is 0.0592. The van der Waals surface area contributed by atoms with E-state index in [9.17, 15) is 4.79 Å². The second-order valence-corrected chi connectivity index (χ2v) is 7.36. The molecule has 29 heavy (non-hydrogen) atoms. The first-order valence-electron chi connectivity index (χ1n) is 9.87. The number of nitrogens with zero attached hydrogens (tertiary/aromatic N) is 3. The van der Waals surface area contributed by atoms with Gasteiger partial charge in [0.15, 0.2) is 0 Å². The first-order valence-corrected chi connectivity index (χ1v) is 9.87. The lowest BCUT2D eigenvalue weighted by Crippen LogP contribution is -2.49. The molecule has 1 aliphatic rings. The lowest BCUT2D eigenvalue weighted by Gasteiger charge is -2.40. The summed E-state index contributed by atoms with van der Waals surface area (Å²) in [5.41, 5.74) is 2.86. The number of amides is 1. The van der Waals surface area contributed by atoms with Gasteiger partial charge in [-0.05, 0) is 42.9 Å². The molecule has 1 aliphatic heterocycles. The standard InChI is InChI=1S/C24H25N3O2/c1-26-14-15-27(23(17-26)20-7-3-2-4-8-20)24(28)21-9-11-22(12-10-21)29-18-19-6-5-13-25-16-19/h2-13,16,23H,14-15,17-18H2,1H3. The summed E-state index contributed by atoms with van der Waals surface area (Å²) in [7, 11) is 2.10. The van der Waals surface area contributed by atoms with E-state index in [1.165, 1.54) is 5.56 Å². The Bertz CT molecular complexity index is 929. The summed E-state index contributed by atoms with van der Waals surface area (Å²) in [6.45, 7) is 2.88. The van der Waals surface area contributed by atoms with Gasteiger partial charge in [0.1, 0.15) is 12.4 Å². The Hall–Kier alpha value is -3.18. The molecule has 0 aliphatic carbocycles. The zero-order valence-corrected chi connectivity index (χ0v) is 16.6. The fourth-order valence-corrected chi connectivity index (χ4v) is 3.63. The number of ether oxygens (including phenoxy) is 1. The van der Waals surface area contributed by atoms with Crippen LogP contribution in [0.2, 0.25) is 0 Å². The second kappa shape index (κ2) is 8.88. The molecule has 0 saturated carbocycles. The Morgan fingerprint density at radius 2 is 1.83 bits per heavy atom. The van der Waals surface area contributed by atoms with Crippen molar-refractivity contribution in [2.24, 2.45) is 0 Å². The zero-order chi connectivity index (χ0) is 20.1. The molecule has 2 heterocycles. The fourth-order valence-electron chi connectivity index (χ4n) is 3.63. The van der Waals surface area contributed by atoms with E-state index in [0.29, 0.717) is 18.7 Å². The van der Waals surface area contributed by atoms with Crippen LogP contribution < -0.4 is 4.74 Å². The molecular weight excluding hydrogens is 362 g/mol. The van der Waals surface area contributed by atoms with Crippen molar-refractivity contribution in [3.05, 3.63) is 95.8 Å². The minimum Gasteiger partial charge on any atom is -0.489 e. The third kappa shape index (κ3) is 4.63. The van der Waals surface area contributed by atoms with Crippen LogP contribution in [0, 0.1) is 0 Å². The number of carbonyl (C=O) groups excluding carboxylic acids is 1. The van der Waals surface area contributed by atoms with Gasteiger partial charge in [-0.1, -0.05) is 36.4 Å². The maximum atomic E-state index is 13.2. The van der Waals surface area contributed by atoms with E-state index in [4.69, 9.17) is 4.74 Å². The number of pyridine rings is 1. The van der Waals surface area contributed by atoms with Crippen LogP contribution in [-0.2, 0) is 6.61 Å². The smallest absolute Gasteiger partial charge is 0.254 e. The van der Waals surface area contributed by atoms with Gasteiger partial charge in [0.25, 0.3) is 5.91 Å². The lowest BCUT2D eigenvalue weighted by molar-refractivity contribution is 0.0498. The monoisotopic (exact) mass is 387 g/mol. The topological polar surface area (TPSA) is 45.7 Å². The van der Waals surface area contributed by atoms with E-state index < -0.39 is 0 Å². The summed E-state index contributed by atoms with van der Waals surface area (Å²) in [6.07, 6.45) is 3.53. The Kier molecular flexibility index (Phi) is 5.86. The van der Waals surface area contributed by atoms with Gasteiger partial charge >= 0.3 is 0 Å². The van der Waals surface area contributed by atoms with E-state index in [0.717, 1.165) is 24.4 Å². The molecule has 1 atom stereocenters. The van der Waals surface area contributed by atoms with Crippen molar-refractivity contribution in [2.45, 2.75) is 12.6 Å². The number of rotatable bonds is 5. The quantitative estimate of drug-likeness (QED) is 0.668. The Balaban J connectivity index is 1.46. The van der Waals surface area contributed by atoms with E-state index in [-0.39, 0.29) is 11.9 Å². The predicted molar refractivity (Wildman–Crippen MR) is 113 cm³/mol. The van der Waals surface area contributed by atoms with Crippen LogP contribution in [-0.4, -0.2) is 47.4 Å². The van der Waals surface area contributed by atoms with Crippen LogP contribution >= 0.6 is 0 Å². The summed E-state index contributed by atoms with van der Waals surface area (Å²) in [4.78, 5) is 21.6. The molecule has 0 radical (unpaired) electrons. The van der Waals surface area contributed by atoms with Crippen molar-refractivity contribution in [2.75, 3.05) is 26.7 Å². The SMILES string of the molecule is CN1CCN(C(=O)c2ccc(OCc3cccnc3)cc2)C(c2ccccc2)C1. The first kappa shape index (κ1) is 19.2. The van der Waals surface area contributed by atoms with Crippen molar-refractivity contribution >= 4 is 5.91 Å². The fraction of sp³-hybridized carbons (Fsp3) is 0.250. The number of likely N-dealkylation sites (N-methyl/N-ethyl adjacent to an activating group) is 1. The summed E-state index contributed by atoms with van der Waals surface area (Å²) in [5, 5.41) is 0. The van der Waals surface area contributed by atoms with E-state index in [1.807, 2.05) is 59.5 Å². The van der Waals surface area contributed by atoms with Crippen LogP contribution in [0.5, 0.6) is 5.75 Å². The van der Waals surface area contributed by atoms with Gasteiger partial charge in [0.05, 0.1) is 6.04 Å². The number of benzene rings is 2. The summed E-state index contributed by atoms with van der Waals surface area (Å²) < 4.78 is 5.81. The van der Waals surface area contributed by atoms with Crippen molar-refractivity contribution in [3.8, 4) is 5.75 Å². The highest BCUT2D eigenvalue weighted by Gasteiger charge is 2.30. The summed E-state index contributed by atoms with van der Waals surface area (Å²) in [5.74, 6) is 0.800. The first-order chi connectivity index (χ1) is 14.2. The van der Waals surface area contributed by atoms with Gasteiger partial charge in [-0.25, -0.2) is 0 Å². The highest BCUT2D eigenvalue weighted by atomic mass is 16.5. The lowest BCUT2D eigenvalue weighted by atomic mass is 10.0. The Morgan fingerprint density at radius 3 is 2.55 bits per heavy atom. The average Bonchev–Trinajstić information content (AvgIpc) is 2.79. The maximum absolute atomic E-state index is 13.2. The molecule has 1 saturated heterocycles. The van der Waals surface area contributed by atoms with Crippen LogP contribution in [0.3, 0.4) is 0 Å². The third-order valence-electron chi connectivity index (χ3n) is 5.26. The number of aromatic nitrogens is 1. The van der Waals surface area contributed by atoms with Gasteiger partial charge in [-0.15, -0.1) is 0 Å². The van der Waals surface area contributed by atoms with Crippen molar-refractivity contribution in [3.63, 3.8) is 0 Å². The molecule has 3 aromatic rings. The number of piperazine rings is 1. The summed E-state index contributed by atoms with van der Waals surface area (Å²) >= 11 is 0. The van der Waals surface area contributed by atoms with E-state index in [2.05, 4.69) is 29.1 Å². The van der Waals surface area contributed by atoms with Gasteiger partial charge in [-0.3, -0.25) is 9.78 Å². The van der Waals surface area contributed by atoms with E-state index >= 15 is 0 Å². The van der Waals surface area contributed by atoms with Crippen molar-refractivity contribution in [1.29, 1.82) is 0 Å².